The SMILES string of the molecule is CCCC(CC)NC(=O)NCCc1ccc(C(=O)O)cc1. The largest absolute Gasteiger partial charge is 0.478 e. The minimum absolute atomic E-state index is 0.141. The Bertz CT molecular complexity index is 457. The van der Waals surface area contributed by atoms with Crippen LogP contribution in [-0.2, 0) is 6.42 Å². The first-order valence-corrected chi connectivity index (χ1v) is 7.43. The van der Waals surface area contributed by atoms with Gasteiger partial charge < -0.3 is 15.7 Å². The van der Waals surface area contributed by atoms with Crippen molar-refractivity contribution in [1.29, 1.82) is 0 Å². The van der Waals surface area contributed by atoms with Crippen molar-refractivity contribution >= 4 is 12.0 Å². The van der Waals surface area contributed by atoms with E-state index in [2.05, 4.69) is 24.5 Å². The molecule has 21 heavy (non-hydrogen) atoms. The van der Waals surface area contributed by atoms with Gasteiger partial charge in [-0.25, -0.2) is 9.59 Å². The van der Waals surface area contributed by atoms with Gasteiger partial charge in [-0.05, 0) is 37.0 Å². The molecule has 1 atom stereocenters. The van der Waals surface area contributed by atoms with Crippen molar-refractivity contribution in [3.63, 3.8) is 0 Å². The Kier molecular flexibility index (Phi) is 7.29. The Balaban J connectivity index is 2.32. The number of urea groups is 1. The summed E-state index contributed by atoms with van der Waals surface area (Å²) in [6, 6.07) is 6.78. The average molecular weight is 292 g/mol. The van der Waals surface area contributed by atoms with E-state index < -0.39 is 5.97 Å². The molecule has 0 bridgehead atoms. The molecule has 3 N–H and O–H groups in total. The number of carbonyl (C=O) groups is 2. The molecule has 5 nitrogen and oxygen atoms in total. The monoisotopic (exact) mass is 292 g/mol. The molecular formula is C16H24N2O3. The zero-order valence-electron chi connectivity index (χ0n) is 12.7. The van der Waals surface area contributed by atoms with Crippen molar-refractivity contribution in [2.45, 2.75) is 45.6 Å². The maximum atomic E-state index is 11.7. The quantitative estimate of drug-likeness (QED) is 0.689. The molecule has 0 aliphatic heterocycles. The Morgan fingerprint density at radius 2 is 1.86 bits per heavy atom. The molecule has 116 valence electrons. The number of benzene rings is 1. The second-order valence-corrected chi connectivity index (χ2v) is 5.05. The average Bonchev–Trinajstić information content (AvgIpc) is 2.47. The van der Waals surface area contributed by atoms with Gasteiger partial charge in [0.05, 0.1) is 5.56 Å². The second kappa shape index (κ2) is 9.00. The van der Waals surface area contributed by atoms with Gasteiger partial charge in [0.15, 0.2) is 0 Å². The number of carboxylic acid groups (broad SMARTS) is 1. The standard InChI is InChI=1S/C16H24N2O3/c1-3-5-14(4-2)18-16(21)17-11-10-12-6-8-13(9-7-12)15(19)20/h6-9,14H,3-5,10-11H2,1-2H3,(H,19,20)(H2,17,18,21). The van der Waals surface area contributed by atoms with Crippen molar-refractivity contribution in [2.24, 2.45) is 0 Å². The lowest BCUT2D eigenvalue weighted by atomic mass is 10.1. The van der Waals surface area contributed by atoms with Gasteiger partial charge in [0.2, 0.25) is 0 Å². The highest BCUT2D eigenvalue weighted by molar-refractivity contribution is 5.87. The first kappa shape index (κ1) is 17.0. The van der Waals surface area contributed by atoms with E-state index >= 15 is 0 Å². The van der Waals surface area contributed by atoms with Crippen LogP contribution in [0, 0.1) is 0 Å². The van der Waals surface area contributed by atoms with E-state index in [1.165, 1.54) is 0 Å². The zero-order valence-corrected chi connectivity index (χ0v) is 12.7. The number of aromatic carboxylic acids is 1. The van der Waals surface area contributed by atoms with Crippen molar-refractivity contribution < 1.29 is 14.7 Å². The minimum atomic E-state index is -0.930. The number of carboxylic acids is 1. The molecular weight excluding hydrogens is 268 g/mol. The van der Waals surface area contributed by atoms with E-state index in [0.717, 1.165) is 24.8 Å². The number of amides is 2. The Labute approximate surface area is 125 Å². The summed E-state index contributed by atoms with van der Waals surface area (Å²) in [5.74, 6) is -0.930. The predicted molar refractivity (Wildman–Crippen MR) is 82.6 cm³/mol. The van der Waals surface area contributed by atoms with E-state index in [1.54, 1.807) is 24.3 Å². The van der Waals surface area contributed by atoms with E-state index in [0.29, 0.717) is 13.0 Å². The van der Waals surface area contributed by atoms with Crippen molar-refractivity contribution in [1.82, 2.24) is 10.6 Å². The molecule has 1 unspecified atom stereocenters. The fourth-order valence-electron chi connectivity index (χ4n) is 2.10. The van der Waals surface area contributed by atoms with Crippen molar-refractivity contribution in [2.75, 3.05) is 6.54 Å². The van der Waals surface area contributed by atoms with Crippen LogP contribution in [0.25, 0.3) is 0 Å². The van der Waals surface area contributed by atoms with Crippen LogP contribution in [0.4, 0.5) is 4.79 Å². The first-order valence-electron chi connectivity index (χ1n) is 7.43. The molecule has 0 radical (unpaired) electrons. The minimum Gasteiger partial charge on any atom is -0.478 e. The van der Waals surface area contributed by atoms with Gasteiger partial charge in [-0.15, -0.1) is 0 Å². The molecule has 0 aliphatic carbocycles. The summed E-state index contributed by atoms with van der Waals surface area (Å²) in [6.45, 7) is 4.69. The lowest BCUT2D eigenvalue weighted by Gasteiger charge is -2.16. The van der Waals surface area contributed by atoms with Crippen molar-refractivity contribution in [3.05, 3.63) is 35.4 Å². The van der Waals surface area contributed by atoms with Gasteiger partial charge in [0, 0.05) is 12.6 Å². The van der Waals surface area contributed by atoms with Crippen LogP contribution in [0.1, 0.15) is 49.0 Å². The number of hydrogen-bond acceptors (Lipinski definition) is 2. The first-order chi connectivity index (χ1) is 10.1. The van der Waals surface area contributed by atoms with E-state index in [9.17, 15) is 9.59 Å². The highest BCUT2D eigenvalue weighted by atomic mass is 16.4. The molecule has 1 rings (SSSR count). The number of carbonyl (C=O) groups excluding carboxylic acids is 1. The van der Waals surface area contributed by atoms with Crippen LogP contribution in [-0.4, -0.2) is 29.7 Å². The smallest absolute Gasteiger partial charge is 0.335 e. The number of rotatable bonds is 8. The third-order valence-corrected chi connectivity index (χ3v) is 3.37. The molecule has 0 spiro atoms. The van der Waals surface area contributed by atoms with Crippen LogP contribution < -0.4 is 10.6 Å². The van der Waals surface area contributed by atoms with Gasteiger partial charge in [-0.2, -0.15) is 0 Å². The molecule has 0 saturated carbocycles. The Morgan fingerprint density at radius 1 is 1.19 bits per heavy atom. The normalized spacial score (nSPS) is 11.7. The summed E-state index contributed by atoms with van der Waals surface area (Å²) in [5.41, 5.74) is 1.27. The van der Waals surface area contributed by atoms with Crippen LogP contribution in [0.15, 0.2) is 24.3 Å². The van der Waals surface area contributed by atoms with Crippen LogP contribution in [0.5, 0.6) is 0 Å². The maximum absolute atomic E-state index is 11.7. The molecule has 1 aromatic carbocycles. The van der Waals surface area contributed by atoms with Crippen LogP contribution in [0.2, 0.25) is 0 Å². The van der Waals surface area contributed by atoms with E-state index in [-0.39, 0.29) is 17.6 Å². The number of nitrogens with one attached hydrogen (secondary N) is 2. The maximum Gasteiger partial charge on any atom is 0.335 e. The molecule has 0 aromatic heterocycles. The van der Waals surface area contributed by atoms with Crippen LogP contribution in [0.3, 0.4) is 0 Å². The topological polar surface area (TPSA) is 78.4 Å². The van der Waals surface area contributed by atoms with Gasteiger partial charge >= 0.3 is 12.0 Å². The molecule has 0 heterocycles. The summed E-state index contributed by atoms with van der Waals surface area (Å²) < 4.78 is 0. The fraction of sp³-hybridized carbons (Fsp3) is 0.500. The van der Waals surface area contributed by atoms with E-state index in [1.807, 2.05) is 0 Å². The number of hydrogen-bond donors (Lipinski definition) is 3. The fourth-order valence-corrected chi connectivity index (χ4v) is 2.10. The summed E-state index contributed by atoms with van der Waals surface area (Å²) >= 11 is 0. The predicted octanol–water partition coefficient (Wildman–Crippen LogP) is 2.81. The molecule has 5 heteroatoms. The molecule has 0 fully saturated rings. The third kappa shape index (κ3) is 6.29. The lowest BCUT2D eigenvalue weighted by molar-refractivity contribution is 0.0697. The van der Waals surface area contributed by atoms with Gasteiger partial charge in [-0.3, -0.25) is 0 Å². The molecule has 0 saturated heterocycles. The van der Waals surface area contributed by atoms with Crippen molar-refractivity contribution in [3.8, 4) is 0 Å². The van der Waals surface area contributed by atoms with Gasteiger partial charge in [0.25, 0.3) is 0 Å². The molecule has 1 aromatic rings. The summed E-state index contributed by atoms with van der Waals surface area (Å²) in [7, 11) is 0. The highest BCUT2D eigenvalue weighted by Crippen LogP contribution is 2.05. The van der Waals surface area contributed by atoms with Crippen LogP contribution >= 0.6 is 0 Å². The summed E-state index contributed by atoms with van der Waals surface area (Å²) in [4.78, 5) is 22.5. The third-order valence-electron chi connectivity index (χ3n) is 3.37. The Hall–Kier alpha value is -2.04. The zero-order chi connectivity index (χ0) is 15.7. The Morgan fingerprint density at radius 3 is 2.38 bits per heavy atom. The summed E-state index contributed by atoms with van der Waals surface area (Å²) in [5, 5.41) is 14.6. The summed E-state index contributed by atoms with van der Waals surface area (Å²) in [6.07, 6.45) is 3.64. The molecule has 2 amide bonds. The highest BCUT2D eigenvalue weighted by Gasteiger charge is 2.08. The second-order valence-electron chi connectivity index (χ2n) is 5.05. The molecule has 0 aliphatic rings. The lowest BCUT2D eigenvalue weighted by Crippen LogP contribution is -2.42. The van der Waals surface area contributed by atoms with Gasteiger partial charge in [-0.1, -0.05) is 32.4 Å². The van der Waals surface area contributed by atoms with Gasteiger partial charge in [0.1, 0.15) is 0 Å². The van der Waals surface area contributed by atoms with E-state index in [4.69, 9.17) is 5.11 Å².